The van der Waals surface area contributed by atoms with Crippen molar-refractivity contribution in [2.75, 3.05) is 45.8 Å². The van der Waals surface area contributed by atoms with Crippen LogP contribution in [-0.2, 0) is 4.74 Å². The first-order chi connectivity index (χ1) is 11.8. The third-order valence-electron chi connectivity index (χ3n) is 4.87. The molecule has 1 unspecified atom stereocenters. The van der Waals surface area contributed by atoms with Crippen LogP contribution < -0.4 is 5.73 Å². The highest BCUT2D eigenvalue weighted by atomic mass is 127. The van der Waals surface area contributed by atoms with Crippen LogP contribution in [0.5, 0.6) is 0 Å². The number of piperidine rings is 1. The lowest BCUT2D eigenvalue weighted by Crippen LogP contribution is -2.53. The summed E-state index contributed by atoms with van der Waals surface area (Å²) in [6.07, 6.45) is 3.53. The fraction of sp³-hybridized carbons (Fsp3) is 0.889. The maximum absolute atomic E-state index is 12.1. The normalized spacial score (nSPS) is 22.8. The minimum absolute atomic E-state index is 0. The van der Waals surface area contributed by atoms with Crippen molar-refractivity contribution < 1.29 is 9.53 Å². The molecule has 2 aliphatic rings. The molecule has 7 nitrogen and oxygen atoms in total. The Bertz CT molecular complexity index is 473. The van der Waals surface area contributed by atoms with Crippen LogP contribution in [0.15, 0.2) is 4.99 Å². The first-order valence-corrected chi connectivity index (χ1v) is 9.57. The molecular formula is C18H36IN5O2. The van der Waals surface area contributed by atoms with Crippen molar-refractivity contribution >= 4 is 36.0 Å². The predicted molar refractivity (Wildman–Crippen MR) is 116 cm³/mol. The molecule has 152 valence electrons. The van der Waals surface area contributed by atoms with Gasteiger partial charge in [0.05, 0.1) is 6.54 Å². The summed E-state index contributed by atoms with van der Waals surface area (Å²) in [7, 11) is 0. The van der Waals surface area contributed by atoms with E-state index in [1.54, 1.807) is 4.90 Å². The minimum atomic E-state index is -0.458. The molecule has 0 saturated carbocycles. The highest BCUT2D eigenvalue weighted by Gasteiger charge is 2.27. The second-order valence-corrected chi connectivity index (χ2v) is 7.93. The highest BCUT2D eigenvalue weighted by Crippen LogP contribution is 2.17. The smallest absolute Gasteiger partial charge is 0.410 e. The quantitative estimate of drug-likeness (QED) is 0.381. The average molecular weight is 481 g/mol. The predicted octanol–water partition coefficient (Wildman–Crippen LogP) is 2.35. The van der Waals surface area contributed by atoms with Gasteiger partial charge in [-0.1, -0.05) is 13.3 Å². The van der Waals surface area contributed by atoms with Gasteiger partial charge in [0.25, 0.3) is 0 Å². The highest BCUT2D eigenvalue weighted by molar-refractivity contribution is 14.0. The Kier molecular flexibility index (Phi) is 9.43. The van der Waals surface area contributed by atoms with Gasteiger partial charge >= 0.3 is 6.09 Å². The van der Waals surface area contributed by atoms with Crippen LogP contribution in [0.2, 0.25) is 0 Å². The zero-order valence-corrected chi connectivity index (χ0v) is 19.1. The molecule has 26 heavy (non-hydrogen) atoms. The van der Waals surface area contributed by atoms with Crippen LogP contribution in [0.25, 0.3) is 0 Å². The van der Waals surface area contributed by atoms with E-state index in [0.29, 0.717) is 38.2 Å². The molecule has 2 fully saturated rings. The summed E-state index contributed by atoms with van der Waals surface area (Å²) < 4.78 is 5.43. The summed E-state index contributed by atoms with van der Waals surface area (Å²) in [6.45, 7) is 13.5. The van der Waals surface area contributed by atoms with E-state index in [-0.39, 0.29) is 30.1 Å². The molecule has 2 aliphatic heterocycles. The monoisotopic (exact) mass is 481 g/mol. The van der Waals surface area contributed by atoms with Crippen molar-refractivity contribution in [2.24, 2.45) is 10.7 Å². The van der Waals surface area contributed by atoms with Crippen LogP contribution >= 0.6 is 24.0 Å². The number of aliphatic imine (C=N–C) groups is 1. The van der Waals surface area contributed by atoms with E-state index >= 15 is 0 Å². The molecule has 1 atom stereocenters. The second-order valence-electron chi connectivity index (χ2n) is 7.93. The third-order valence-corrected chi connectivity index (χ3v) is 4.87. The summed E-state index contributed by atoms with van der Waals surface area (Å²) in [5.74, 6) is 0.602. The van der Waals surface area contributed by atoms with Gasteiger partial charge in [-0.05, 0) is 46.7 Å². The largest absolute Gasteiger partial charge is 0.444 e. The number of guanidine groups is 1. The molecule has 2 N–H and O–H groups in total. The van der Waals surface area contributed by atoms with Gasteiger partial charge in [0, 0.05) is 32.2 Å². The van der Waals surface area contributed by atoms with Gasteiger partial charge in [0.2, 0.25) is 0 Å². The van der Waals surface area contributed by atoms with E-state index < -0.39 is 5.60 Å². The SMILES string of the molecule is CCN1CCCCC1CN=C(N)N1CCN(C(=O)OC(C)(C)C)CC1.I. The van der Waals surface area contributed by atoms with Gasteiger partial charge in [-0.15, -0.1) is 24.0 Å². The number of likely N-dealkylation sites (tertiary alicyclic amines) is 1. The molecule has 0 aliphatic carbocycles. The summed E-state index contributed by atoms with van der Waals surface area (Å²) >= 11 is 0. The number of nitrogens with zero attached hydrogens (tertiary/aromatic N) is 4. The Morgan fingerprint density at radius 2 is 1.73 bits per heavy atom. The fourth-order valence-corrected chi connectivity index (χ4v) is 3.43. The van der Waals surface area contributed by atoms with Crippen LogP contribution in [0.3, 0.4) is 0 Å². The van der Waals surface area contributed by atoms with E-state index in [2.05, 4.69) is 21.7 Å². The van der Waals surface area contributed by atoms with Crippen molar-refractivity contribution in [3.05, 3.63) is 0 Å². The molecule has 0 aromatic rings. The van der Waals surface area contributed by atoms with Crippen LogP contribution in [0, 0.1) is 0 Å². The van der Waals surface area contributed by atoms with E-state index in [1.807, 2.05) is 20.8 Å². The number of hydrogen-bond donors (Lipinski definition) is 1. The molecule has 2 saturated heterocycles. The van der Waals surface area contributed by atoms with E-state index in [1.165, 1.54) is 25.8 Å². The molecule has 0 spiro atoms. The zero-order chi connectivity index (χ0) is 18.4. The first kappa shape index (κ1) is 23.3. The molecule has 0 bridgehead atoms. The Morgan fingerprint density at radius 3 is 2.31 bits per heavy atom. The number of hydrogen-bond acceptors (Lipinski definition) is 4. The Morgan fingerprint density at radius 1 is 1.12 bits per heavy atom. The van der Waals surface area contributed by atoms with Crippen LogP contribution in [-0.4, -0.2) is 84.2 Å². The zero-order valence-electron chi connectivity index (χ0n) is 16.7. The van der Waals surface area contributed by atoms with Gasteiger partial charge in [-0.25, -0.2) is 4.79 Å². The standard InChI is InChI=1S/C18H35N5O2.HI/c1-5-21-9-7-6-8-15(21)14-20-16(19)22-10-12-23(13-11-22)17(24)25-18(2,3)4;/h15H,5-14H2,1-4H3,(H2,19,20);1H. The van der Waals surface area contributed by atoms with Crippen molar-refractivity contribution in [1.29, 1.82) is 0 Å². The number of carbonyl (C=O) groups excluding carboxylic acids is 1. The van der Waals surface area contributed by atoms with Crippen molar-refractivity contribution in [3.8, 4) is 0 Å². The van der Waals surface area contributed by atoms with Crippen LogP contribution in [0.1, 0.15) is 47.0 Å². The van der Waals surface area contributed by atoms with Crippen LogP contribution in [0.4, 0.5) is 4.79 Å². The minimum Gasteiger partial charge on any atom is -0.444 e. The maximum atomic E-state index is 12.1. The molecule has 2 rings (SSSR count). The number of likely N-dealkylation sites (N-methyl/N-ethyl adjacent to an activating group) is 1. The van der Waals surface area contributed by atoms with Gasteiger partial charge < -0.3 is 20.3 Å². The Balaban J connectivity index is 0.00000338. The molecule has 8 heteroatoms. The first-order valence-electron chi connectivity index (χ1n) is 9.57. The second kappa shape index (κ2) is 10.5. The molecule has 0 aromatic carbocycles. The van der Waals surface area contributed by atoms with Crippen molar-refractivity contribution in [3.63, 3.8) is 0 Å². The molecule has 2 heterocycles. The van der Waals surface area contributed by atoms with Gasteiger partial charge in [-0.3, -0.25) is 9.89 Å². The molecular weight excluding hydrogens is 445 g/mol. The van der Waals surface area contributed by atoms with Gasteiger partial charge in [0.15, 0.2) is 5.96 Å². The maximum Gasteiger partial charge on any atom is 0.410 e. The van der Waals surface area contributed by atoms with Crippen molar-refractivity contribution in [1.82, 2.24) is 14.7 Å². The lowest BCUT2D eigenvalue weighted by molar-refractivity contribution is 0.0186. The topological polar surface area (TPSA) is 74.4 Å². The third kappa shape index (κ3) is 7.09. The molecule has 0 aromatic heterocycles. The lowest BCUT2D eigenvalue weighted by atomic mass is 10.0. The number of piperazine rings is 1. The van der Waals surface area contributed by atoms with E-state index in [4.69, 9.17) is 10.5 Å². The Labute approximate surface area is 175 Å². The number of halogens is 1. The Hall–Kier alpha value is -0.770. The lowest BCUT2D eigenvalue weighted by Gasteiger charge is -2.37. The van der Waals surface area contributed by atoms with Gasteiger partial charge in [-0.2, -0.15) is 0 Å². The summed E-state index contributed by atoms with van der Waals surface area (Å²) in [6, 6.07) is 0.514. The number of rotatable bonds is 3. The number of carbonyl (C=O) groups is 1. The fourth-order valence-electron chi connectivity index (χ4n) is 3.43. The van der Waals surface area contributed by atoms with E-state index in [0.717, 1.165) is 13.1 Å². The van der Waals surface area contributed by atoms with Gasteiger partial charge in [0.1, 0.15) is 5.60 Å². The molecule has 0 radical (unpaired) electrons. The summed E-state index contributed by atoms with van der Waals surface area (Å²) in [5, 5.41) is 0. The number of ether oxygens (including phenoxy) is 1. The van der Waals surface area contributed by atoms with Crippen molar-refractivity contribution in [2.45, 2.75) is 58.6 Å². The number of amides is 1. The molecule has 1 amide bonds. The summed E-state index contributed by atoms with van der Waals surface area (Å²) in [5.41, 5.74) is 5.74. The average Bonchev–Trinajstić information content (AvgIpc) is 2.58. The number of nitrogens with two attached hydrogens (primary N) is 1. The summed E-state index contributed by atoms with van der Waals surface area (Å²) in [4.78, 5) is 23.1. The van der Waals surface area contributed by atoms with E-state index in [9.17, 15) is 4.79 Å².